The molecule has 0 saturated carbocycles. The largest absolute Gasteiger partial charge is 0.382 e. The second-order valence-electron chi connectivity index (χ2n) is 4.06. The number of hydrogen-bond acceptors (Lipinski definition) is 3. The number of aromatic nitrogens is 1. The minimum atomic E-state index is 0.381. The molecule has 0 bridgehead atoms. The van der Waals surface area contributed by atoms with Crippen molar-refractivity contribution in [2.24, 2.45) is 0 Å². The van der Waals surface area contributed by atoms with Crippen LogP contribution in [0.1, 0.15) is 24.8 Å². The van der Waals surface area contributed by atoms with Gasteiger partial charge in [0.05, 0.1) is 6.10 Å². The summed E-state index contributed by atoms with van der Waals surface area (Å²) in [6.45, 7) is 3.89. The van der Waals surface area contributed by atoms with Gasteiger partial charge in [-0.25, -0.2) is 0 Å². The van der Waals surface area contributed by atoms with Gasteiger partial charge in [-0.3, -0.25) is 4.98 Å². The maximum Gasteiger partial charge on any atom is 0.0747 e. The highest BCUT2D eigenvalue weighted by molar-refractivity contribution is 5.48. The molecule has 0 radical (unpaired) electrons. The lowest BCUT2D eigenvalue weighted by molar-refractivity contribution is 0.0247. The summed E-state index contributed by atoms with van der Waals surface area (Å²) in [4.78, 5) is 4.07. The molecule has 0 spiro atoms. The summed E-state index contributed by atoms with van der Waals surface area (Å²) in [5.74, 6) is 0. The highest BCUT2D eigenvalue weighted by Gasteiger charge is 2.13. The zero-order valence-electron chi connectivity index (χ0n) is 9.20. The van der Waals surface area contributed by atoms with Crippen LogP contribution >= 0.6 is 0 Å². The number of nitrogens with one attached hydrogen (secondary N) is 1. The van der Waals surface area contributed by atoms with E-state index in [0.29, 0.717) is 6.10 Å². The number of anilines is 1. The van der Waals surface area contributed by atoms with Crippen LogP contribution in [0.3, 0.4) is 0 Å². The lowest BCUT2D eigenvalue weighted by Crippen LogP contribution is -2.27. The van der Waals surface area contributed by atoms with Gasteiger partial charge < -0.3 is 10.1 Å². The second kappa shape index (κ2) is 5.12. The Balaban J connectivity index is 1.84. The highest BCUT2D eigenvalue weighted by Crippen LogP contribution is 2.15. The monoisotopic (exact) mass is 206 g/mol. The molecule has 2 heterocycles. The first kappa shape index (κ1) is 10.4. The third-order valence-electron chi connectivity index (χ3n) is 2.81. The zero-order chi connectivity index (χ0) is 10.5. The van der Waals surface area contributed by atoms with E-state index in [1.54, 1.807) is 0 Å². The Morgan fingerprint density at radius 2 is 2.47 bits per heavy atom. The summed E-state index contributed by atoms with van der Waals surface area (Å²) in [5, 5.41) is 3.42. The van der Waals surface area contributed by atoms with Crippen molar-refractivity contribution >= 4 is 5.69 Å². The van der Waals surface area contributed by atoms with Gasteiger partial charge in [-0.1, -0.05) is 0 Å². The van der Waals surface area contributed by atoms with Crippen LogP contribution in [0.2, 0.25) is 0 Å². The molecule has 1 aliphatic heterocycles. The van der Waals surface area contributed by atoms with Crippen LogP contribution in [0.25, 0.3) is 0 Å². The number of nitrogens with zero attached hydrogens (tertiary/aromatic N) is 1. The molecule has 0 aromatic carbocycles. The lowest BCUT2D eigenvalue weighted by Gasteiger charge is -2.23. The fraction of sp³-hybridized carbons (Fsp3) is 0.583. The molecule has 1 aromatic rings. The van der Waals surface area contributed by atoms with E-state index in [0.717, 1.165) is 13.2 Å². The van der Waals surface area contributed by atoms with Crippen LogP contribution < -0.4 is 5.32 Å². The van der Waals surface area contributed by atoms with E-state index in [-0.39, 0.29) is 0 Å². The topological polar surface area (TPSA) is 34.2 Å². The van der Waals surface area contributed by atoms with Gasteiger partial charge in [0.25, 0.3) is 0 Å². The molecule has 0 amide bonds. The predicted molar refractivity (Wildman–Crippen MR) is 61.1 cm³/mol. The van der Waals surface area contributed by atoms with Gasteiger partial charge in [0.1, 0.15) is 0 Å². The molecule has 2 rings (SSSR count). The van der Waals surface area contributed by atoms with Crippen molar-refractivity contribution in [3.05, 3.63) is 24.0 Å². The lowest BCUT2D eigenvalue weighted by atomic mass is 10.1. The van der Waals surface area contributed by atoms with Crippen molar-refractivity contribution in [2.45, 2.75) is 32.3 Å². The zero-order valence-corrected chi connectivity index (χ0v) is 9.20. The van der Waals surface area contributed by atoms with E-state index >= 15 is 0 Å². The van der Waals surface area contributed by atoms with Crippen LogP contribution in [0.15, 0.2) is 18.5 Å². The minimum absolute atomic E-state index is 0.381. The normalized spacial score (nSPS) is 21.3. The molecule has 82 valence electrons. The molecule has 1 atom stereocenters. The van der Waals surface area contributed by atoms with Crippen LogP contribution in [0.5, 0.6) is 0 Å². The molecular formula is C12H18N2O. The number of pyridine rings is 1. The Kier molecular flexibility index (Phi) is 3.56. The van der Waals surface area contributed by atoms with Gasteiger partial charge in [0.15, 0.2) is 0 Å². The molecule has 1 unspecified atom stereocenters. The van der Waals surface area contributed by atoms with Gasteiger partial charge in [0.2, 0.25) is 0 Å². The second-order valence-corrected chi connectivity index (χ2v) is 4.06. The van der Waals surface area contributed by atoms with Gasteiger partial charge in [-0.15, -0.1) is 0 Å². The summed E-state index contributed by atoms with van der Waals surface area (Å²) >= 11 is 0. The SMILES string of the molecule is Cc1cnccc1NCC1CCCCO1. The number of hydrogen-bond donors (Lipinski definition) is 1. The Morgan fingerprint density at radius 3 is 3.20 bits per heavy atom. The Hall–Kier alpha value is -1.09. The smallest absolute Gasteiger partial charge is 0.0747 e. The van der Waals surface area contributed by atoms with E-state index in [2.05, 4.69) is 17.2 Å². The molecule has 1 aliphatic rings. The third-order valence-corrected chi connectivity index (χ3v) is 2.81. The van der Waals surface area contributed by atoms with Crippen molar-refractivity contribution < 1.29 is 4.74 Å². The van der Waals surface area contributed by atoms with Crippen molar-refractivity contribution in [1.82, 2.24) is 4.98 Å². The summed E-state index contributed by atoms with van der Waals surface area (Å²) in [5.41, 5.74) is 2.35. The van der Waals surface area contributed by atoms with Crippen LogP contribution in [-0.2, 0) is 4.74 Å². The highest BCUT2D eigenvalue weighted by atomic mass is 16.5. The summed E-state index contributed by atoms with van der Waals surface area (Å²) < 4.78 is 5.66. The number of aryl methyl sites for hydroxylation is 1. The summed E-state index contributed by atoms with van der Waals surface area (Å²) in [6.07, 6.45) is 7.76. The molecule has 1 saturated heterocycles. The molecule has 1 aromatic heterocycles. The average molecular weight is 206 g/mol. The van der Waals surface area contributed by atoms with Gasteiger partial charge in [-0.2, -0.15) is 0 Å². The summed E-state index contributed by atoms with van der Waals surface area (Å²) in [6, 6.07) is 2.01. The molecule has 3 nitrogen and oxygen atoms in total. The first-order valence-electron chi connectivity index (χ1n) is 5.62. The maximum absolute atomic E-state index is 5.66. The minimum Gasteiger partial charge on any atom is -0.382 e. The molecule has 1 fully saturated rings. The standard InChI is InChI=1S/C12H18N2O/c1-10-8-13-6-5-12(10)14-9-11-4-2-3-7-15-11/h5-6,8,11H,2-4,7,9H2,1H3,(H,13,14). The Labute approximate surface area is 90.9 Å². The van der Waals surface area contributed by atoms with Crippen molar-refractivity contribution in [3.8, 4) is 0 Å². The van der Waals surface area contributed by atoms with Crippen molar-refractivity contribution in [3.63, 3.8) is 0 Å². The average Bonchev–Trinajstić information content (AvgIpc) is 2.29. The van der Waals surface area contributed by atoms with Crippen LogP contribution in [0.4, 0.5) is 5.69 Å². The van der Waals surface area contributed by atoms with Gasteiger partial charge >= 0.3 is 0 Å². The van der Waals surface area contributed by atoms with Crippen molar-refractivity contribution in [2.75, 3.05) is 18.5 Å². The first-order valence-corrected chi connectivity index (χ1v) is 5.62. The van der Waals surface area contributed by atoms with E-state index in [1.165, 1.54) is 30.5 Å². The fourth-order valence-electron chi connectivity index (χ4n) is 1.86. The van der Waals surface area contributed by atoms with Gasteiger partial charge in [-0.05, 0) is 37.8 Å². The first-order chi connectivity index (χ1) is 7.36. The maximum atomic E-state index is 5.66. The summed E-state index contributed by atoms with van der Waals surface area (Å²) in [7, 11) is 0. The molecule has 1 N–H and O–H groups in total. The van der Waals surface area contributed by atoms with Gasteiger partial charge in [0, 0.05) is 31.2 Å². The van der Waals surface area contributed by atoms with Crippen molar-refractivity contribution in [1.29, 1.82) is 0 Å². The molecular weight excluding hydrogens is 188 g/mol. The van der Waals surface area contributed by atoms with E-state index in [9.17, 15) is 0 Å². The fourth-order valence-corrected chi connectivity index (χ4v) is 1.86. The van der Waals surface area contributed by atoms with E-state index < -0.39 is 0 Å². The predicted octanol–water partition coefficient (Wildman–Crippen LogP) is 2.37. The van der Waals surface area contributed by atoms with Crippen LogP contribution in [0, 0.1) is 6.92 Å². The number of rotatable bonds is 3. The Morgan fingerprint density at radius 1 is 1.53 bits per heavy atom. The third kappa shape index (κ3) is 2.93. The van der Waals surface area contributed by atoms with E-state index in [1.807, 2.05) is 18.5 Å². The molecule has 0 aliphatic carbocycles. The van der Waals surface area contributed by atoms with E-state index in [4.69, 9.17) is 4.74 Å². The molecule has 15 heavy (non-hydrogen) atoms. The quantitative estimate of drug-likeness (QED) is 0.824. The number of ether oxygens (including phenoxy) is 1. The Bertz CT molecular complexity index is 308. The van der Waals surface area contributed by atoms with Crippen LogP contribution in [-0.4, -0.2) is 24.2 Å². The molecule has 3 heteroatoms.